The molecule has 0 fully saturated rings. The van der Waals surface area contributed by atoms with Crippen molar-refractivity contribution >= 4 is 33.0 Å². The molecule has 25 heavy (non-hydrogen) atoms. The first kappa shape index (κ1) is 19.8. The quantitative estimate of drug-likeness (QED) is 0.762. The third-order valence-electron chi connectivity index (χ3n) is 3.55. The van der Waals surface area contributed by atoms with E-state index >= 15 is 0 Å². The Morgan fingerprint density at radius 3 is 2.04 bits per heavy atom. The zero-order chi connectivity index (χ0) is 19.4. The Kier molecular flexibility index (Phi) is 4.77. The number of hydrogen-bond acceptors (Lipinski definition) is 5. The average Bonchev–Trinajstić information content (AvgIpc) is 2.78. The summed E-state index contributed by atoms with van der Waals surface area (Å²) in [6, 6.07) is 1.15. The largest absolute Gasteiger partial charge is 0.442 e. The molecule has 0 amide bonds. The molecule has 0 aliphatic heterocycles. The summed E-state index contributed by atoms with van der Waals surface area (Å²) in [7, 11) is -3.71. The highest BCUT2D eigenvalue weighted by molar-refractivity contribution is 7.91. The van der Waals surface area contributed by atoms with Gasteiger partial charge >= 0.3 is 11.9 Å². The van der Waals surface area contributed by atoms with Crippen LogP contribution in [-0.4, -0.2) is 24.5 Å². The standard InChI is InChI=1S/C13H11Cl2F3N2O4S/c1-12(2,25(3,22)23)10-19-20(11(21)24-10)9-7(14)4-6(5-8(9)15)13(16,17)18/h4-5H,1-3H3. The predicted molar refractivity (Wildman–Crippen MR) is 85.0 cm³/mol. The molecule has 0 aliphatic rings. The number of nitrogens with zero attached hydrogens (tertiary/aromatic N) is 2. The van der Waals surface area contributed by atoms with Gasteiger partial charge in [-0.3, -0.25) is 0 Å². The van der Waals surface area contributed by atoms with Gasteiger partial charge in [0, 0.05) is 6.26 Å². The number of aromatic nitrogens is 2. The topological polar surface area (TPSA) is 82.2 Å². The smallest absolute Gasteiger partial charge is 0.390 e. The van der Waals surface area contributed by atoms with Gasteiger partial charge in [0.15, 0.2) is 9.84 Å². The van der Waals surface area contributed by atoms with E-state index in [0.29, 0.717) is 16.8 Å². The Labute approximate surface area is 150 Å². The molecular formula is C13H11Cl2F3N2O4S. The van der Waals surface area contributed by atoms with E-state index in [2.05, 4.69) is 5.10 Å². The summed E-state index contributed by atoms with van der Waals surface area (Å²) < 4.78 is 65.6. The maximum Gasteiger partial charge on any atom is 0.442 e. The summed E-state index contributed by atoms with van der Waals surface area (Å²) in [4.78, 5) is 12.0. The van der Waals surface area contributed by atoms with Crippen LogP contribution in [0.25, 0.3) is 5.69 Å². The predicted octanol–water partition coefficient (Wildman–Crippen LogP) is 3.43. The summed E-state index contributed by atoms with van der Waals surface area (Å²) >= 11 is 11.6. The van der Waals surface area contributed by atoms with Crippen LogP contribution < -0.4 is 5.76 Å². The van der Waals surface area contributed by atoms with E-state index < -0.39 is 48.0 Å². The van der Waals surface area contributed by atoms with Crippen LogP contribution in [0.1, 0.15) is 25.3 Å². The van der Waals surface area contributed by atoms with Gasteiger partial charge in [-0.1, -0.05) is 23.2 Å². The molecule has 1 heterocycles. The van der Waals surface area contributed by atoms with E-state index in [4.69, 9.17) is 27.6 Å². The van der Waals surface area contributed by atoms with Crippen molar-refractivity contribution in [3.05, 3.63) is 44.2 Å². The van der Waals surface area contributed by atoms with E-state index in [1.807, 2.05) is 0 Å². The van der Waals surface area contributed by atoms with E-state index in [0.717, 1.165) is 6.26 Å². The second kappa shape index (κ2) is 6.03. The lowest BCUT2D eigenvalue weighted by atomic mass is 10.2. The summed E-state index contributed by atoms with van der Waals surface area (Å²) in [5, 5.41) is 2.74. The number of halogens is 5. The van der Waals surface area contributed by atoms with Crippen molar-refractivity contribution in [1.82, 2.24) is 9.78 Å². The fourth-order valence-corrected chi connectivity index (χ4v) is 2.80. The van der Waals surface area contributed by atoms with E-state index in [-0.39, 0.29) is 5.69 Å². The van der Waals surface area contributed by atoms with Crippen LogP contribution in [-0.2, 0) is 20.8 Å². The minimum absolute atomic E-state index is 0.347. The number of hydrogen-bond donors (Lipinski definition) is 0. The third-order valence-corrected chi connectivity index (χ3v) is 6.15. The van der Waals surface area contributed by atoms with E-state index in [1.54, 1.807) is 0 Å². The third kappa shape index (κ3) is 3.56. The molecule has 138 valence electrons. The van der Waals surface area contributed by atoms with Crippen LogP contribution in [0.2, 0.25) is 10.0 Å². The lowest BCUT2D eigenvalue weighted by Crippen LogP contribution is -2.28. The number of sulfone groups is 1. The van der Waals surface area contributed by atoms with Gasteiger partial charge in [-0.15, -0.1) is 5.10 Å². The van der Waals surface area contributed by atoms with Crippen molar-refractivity contribution in [2.75, 3.05) is 6.26 Å². The molecule has 2 aromatic rings. The summed E-state index contributed by atoms with van der Waals surface area (Å²) in [5.41, 5.74) is -1.46. The monoisotopic (exact) mass is 418 g/mol. The van der Waals surface area contributed by atoms with Gasteiger partial charge in [0.05, 0.1) is 15.6 Å². The molecule has 0 unspecified atom stereocenters. The first-order chi connectivity index (χ1) is 11.2. The lowest BCUT2D eigenvalue weighted by Gasteiger charge is -2.17. The molecule has 0 atom stereocenters. The highest BCUT2D eigenvalue weighted by Crippen LogP contribution is 2.37. The van der Waals surface area contributed by atoms with E-state index in [1.165, 1.54) is 13.8 Å². The van der Waals surface area contributed by atoms with Crippen LogP contribution in [0.3, 0.4) is 0 Å². The second-order valence-electron chi connectivity index (χ2n) is 5.65. The maximum absolute atomic E-state index is 12.8. The maximum atomic E-state index is 12.8. The summed E-state index contributed by atoms with van der Waals surface area (Å²) in [6.45, 7) is 2.52. The van der Waals surface area contributed by atoms with Crippen molar-refractivity contribution in [1.29, 1.82) is 0 Å². The Morgan fingerprint density at radius 1 is 1.16 bits per heavy atom. The van der Waals surface area contributed by atoms with Crippen molar-refractivity contribution in [2.24, 2.45) is 0 Å². The Morgan fingerprint density at radius 2 is 1.64 bits per heavy atom. The Bertz CT molecular complexity index is 970. The van der Waals surface area contributed by atoms with Gasteiger partial charge in [-0.05, 0) is 26.0 Å². The van der Waals surface area contributed by atoms with E-state index in [9.17, 15) is 26.4 Å². The molecule has 0 saturated carbocycles. The lowest BCUT2D eigenvalue weighted by molar-refractivity contribution is -0.137. The van der Waals surface area contributed by atoms with Gasteiger partial charge in [0.25, 0.3) is 0 Å². The van der Waals surface area contributed by atoms with Crippen LogP contribution in [0.4, 0.5) is 13.2 Å². The van der Waals surface area contributed by atoms with Gasteiger partial charge < -0.3 is 4.42 Å². The molecule has 0 radical (unpaired) electrons. The number of rotatable bonds is 3. The van der Waals surface area contributed by atoms with Crippen LogP contribution >= 0.6 is 23.2 Å². The minimum Gasteiger partial charge on any atom is -0.390 e. The molecule has 0 saturated heterocycles. The highest BCUT2D eigenvalue weighted by Gasteiger charge is 2.39. The molecule has 1 aromatic heterocycles. The molecule has 0 spiro atoms. The SMILES string of the molecule is CC(C)(c1nn(-c2c(Cl)cc(C(F)(F)F)cc2Cl)c(=O)o1)S(C)(=O)=O. The number of benzene rings is 1. The van der Waals surface area contributed by atoms with Gasteiger partial charge in [-0.2, -0.15) is 17.9 Å². The second-order valence-corrected chi connectivity index (χ2v) is 9.03. The molecule has 0 N–H and O–H groups in total. The Balaban J connectivity index is 2.68. The molecule has 0 aliphatic carbocycles. The van der Waals surface area contributed by atoms with Crippen LogP contribution in [0, 0.1) is 0 Å². The first-order valence-electron chi connectivity index (χ1n) is 6.53. The molecule has 2 rings (SSSR count). The summed E-state index contributed by atoms with van der Waals surface area (Å²) in [6.07, 6.45) is -3.77. The van der Waals surface area contributed by atoms with Crippen LogP contribution in [0.5, 0.6) is 0 Å². The van der Waals surface area contributed by atoms with Crippen LogP contribution in [0.15, 0.2) is 21.3 Å². The normalized spacial score (nSPS) is 13.3. The number of alkyl halides is 3. The zero-order valence-electron chi connectivity index (χ0n) is 13.0. The average molecular weight is 419 g/mol. The molecule has 6 nitrogen and oxygen atoms in total. The highest BCUT2D eigenvalue weighted by atomic mass is 35.5. The Hall–Kier alpha value is -1.52. The minimum atomic E-state index is -4.69. The molecule has 12 heteroatoms. The van der Waals surface area contributed by atoms with Crippen molar-refractivity contribution in [2.45, 2.75) is 24.8 Å². The zero-order valence-corrected chi connectivity index (χ0v) is 15.3. The van der Waals surface area contributed by atoms with Gasteiger partial charge in [-0.25, -0.2) is 13.2 Å². The first-order valence-corrected chi connectivity index (χ1v) is 9.18. The van der Waals surface area contributed by atoms with Crippen molar-refractivity contribution < 1.29 is 26.0 Å². The molecular weight excluding hydrogens is 408 g/mol. The van der Waals surface area contributed by atoms with Crippen molar-refractivity contribution in [3.63, 3.8) is 0 Å². The van der Waals surface area contributed by atoms with Crippen molar-refractivity contribution in [3.8, 4) is 5.69 Å². The molecule has 1 aromatic carbocycles. The fraction of sp³-hybridized carbons (Fsp3) is 0.385. The van der Waals surface area contributed by atoms with Gasteiger partial charge in [0.1, 0.15) is 10.4 Å². The molecule has 0 bridgehead atoms. The van der Waals surface area contributed by atoms with Gasteiger partial charge in [0.2, 0.25) is 5.89 Å². The fourth-order valence-electron chi connectivity index (χ4n) is 1.75. The summed E-state index contributed by atoms with van der Waals surface area (Å²) in [5.74, 6) is -1.60.